The summed E-state index contributed by atoms with van der Waals surface area (Å²) in [7, 11) is -2.97. The number of carboxylic acids is 1. The van der Waals surface area contributed by atoms with Gasteiger partial charge in [0.2, 0.25) is 0 Å². The van der Waals surface area contributed by atoms with E-state index in [0.717, 1.165) is 11.8 Å². The molecule has 1 aliphatic heterocycles. The molecule has 0 aromatic heterocycles. The van der Waals surface area contributed by atoms with Gasteiger partial charge in [-0.3, -0.25) is 5.32 Å². The van der Waals surface area contributed by atoms with E-state index in [4.69, 9.17) is 5.11 Å². The summed E-state index contributed by atoms with van der Waals surface area (Å²) in [5.74, 6) is -0.827. The smallest absolute Gasteiger partial charge is 0.350 e. The fourth-order valence-corrected chi connectivity index (χ4v) is 2.72. The maximum Gasteiger partial charge on any atom is 0.350 e. The maximum absolute atomic E-state index is 10.5. The highest BCUT2D eigenvalue weighted by Crippen LogP contribution is 2.28. The number of thiol groups is 1. The largest absolute Gasteiger partial charge is 0.478 e. The van der Waals surface area contributed by atoms with Crippen LogP contribution in [0.5, 0.6) is 0 Å². The molecule has 1 fully saturated rings. The highest BCUT2D eigenvalue weighted by atomic mass is 32.2. The summed E-state index contributed by atoms with van der Waals surface area (Å²) >= 11 is 0.899. The van der Waals surface area contributed by atoms with E-state index in [1.807, 2.05) is 0 Å². The number of nitrogens with one attached hydrogen (secondary N) is 1. The molecule has 1 heterocycles. The molecular weight excluding hydrogens is 190 g/mol. The lowest BCUT2D eigenvalue weighted by molar-refractivity contribution is -0.137. The molecule has 0 aromatic rings. The van der Waals surface area contributed by atoms with E-state index in [0.29, 0.717) is 12.3 Å². The lowest BCUT2D eigenvalue weighted by Crippen LogP contribution is -2.46. The zero-order valence-electron chi connectivity index (χ0n) is 5.44. The molecule has 64 valence electrons. The predicted molar refractivity (Wildman–Crippen MR) is 41.1 cm³/mol. The first-order valence-electron chi connectivity index (χ1n) is 2.86. The first-order valence-corrected chi connectivity index (χ1v) is 5.03. The average Bonchev–Trinajstić information content (AvgIpc) is 2.34. The molecule has 1 aliphatic rings. The van der Waals surface area contributed by atoms with Crippen LogP contribution in [0.25, 0.3) is 0 Å². The number of thioether (sulfide) groups is 1. The van der Waals surface area contributed by atoms with Gasteiger partial charge in [-0.15, -0.1) is 11.8 Å². The Balaban J connectivity index is 2.97. The summed E-state index contributed by atoms with van der Waals surface area (Å²) in [6, 6.07) is 0. The fraction of sp³-hybridized carbons (Fsp3) is 0.750. The average molecular weight is 197 g/mol. The van der Waals surface area contributed by atoms with Crippen molar-refractivity contribution >= 4 is 28.4 Å². The molecule has 1 atom stereocenters. The summed E-state index contributed by atoms with van der Waals surface area (Å²) in [6.45, 7) is 0.417. The summed E-state index contributed by atoms with van der Waals surface area (Å²) in [5.41, 5.74) is 0. The van der Waals surface area contributed by atoms with Gasteiger partial charge in [-0.2, -0.15) is 0 Å². The van der Waals surface area contributed by atoms with E-state index in [-0.39, 0.29) is 0 Å². The second-order valence-electron chi connectivity index (χ2n) is 1.98. The first kappa shape index (κ1) is 8.82. The van der Waals surface area contributed by atoms with E-state index < -0.39 is 20.9 Å². The Morgan fingerprint density at radius 1 is 1.64 bits per heavy atom. The van der Waals surface area contributed by atoms with Gasteiger partial charge in [0.15, 0.2) is 10.7 Å². The molecule has 1 rings (SSSR count). The fourth-order valence-electron chi connectivity index (χ4n) is 0.803. The van der Waals surface area contributed by atoms with Crippen LogP contribution in [0.15, 0.2) is 0 Å². The molecule has 1 saturated heterocycles. The van der Waals surface area contributed by atoms with Crippen LogP contribution in [0.4, 0.5) is 0 Å². The summed E-state index contributed by atoms with van der Waals surface area (Å²) in [5, 5.41) is 11.0. The van der Waals surface area contributed by atoms with Crippen molar-refractivity contribution in [1.82, 2.24) is 5.32 Å². The molecule has 5 nitrogen and oxygen atoms in total. The van der Waals surface area contributed by atoms with Gasteiger partial charge in [-0.25, -0.2) is 13.2 Å². The van der Waals surface area contributed by atoms with Crippen molar-refractivity contribution in [3.05, 3.63) is 0 Å². The van der Waals surface area contributed by atoms with Gasteiger partial charge in [0, 0.05) is 12.3 Å². The van der Waals surface area contributed by atoms with Crippen molar-refractivity contribution < 1.29 is 18.3 Å². The molecule has 0 spiro atoms. The van der Waals surface area contributed by atoms with Gasteiger partial charge < -0.3 is 5.11 Å². The van der Waals surface area contributed by atoms with Crippen LogP contribution >= 0.6 is 11.8 Å². The third kappa shape index (κ3) is 1.35. The van der Waals surface area contributed by atoms with E-state index in [1.165, 1.54) is 0 Å². The number of carboxylic acid groups (broad SMARTS) is 1. The Labute approximate surface area is 69.1 Å². The van der Waals surface area contributed by atoms with Crippen LogP contribution in [0, 0.1) is 0 Å². The van der Waals surface area contributed by atoms with Crippen molar-refractivity contribution in [3.8, 4) is 0 Å². The Bertz CT molecular complexity index is 234. The van der Waals surface area contributed by atoms with Gasteiger partial charge in [0.1, 0.15) is 0 Å². The molecule has 1 unspecified atom stereocenters. The molecule has 2 N–H and O–H groups in total. The van der Waals surface area contributed by atoms with E-state index in [2.05, 4.69) is 5.32 Å². The van der Waals surface area contributed by atoms with Gasteiger partial charge >= 0.3 is 5.97 Å². The Kier molecular flexibility index (Phi) is 2.40. The third-order valence-corrected chi connectivity index (χ3v) is 4.17. The molecule has 0 aliphatic carbocycles. The lowest BCUT2D eigenvalue weighted by atomic mass is 10.6. The van der Waals surface area contributed by atoms with Crippen molar-refractivity contribution in [2.75, 3.05) is 12.3 Å². The highest BCUT2D eigenvalue weighted by molar-refractivity contribution is 8.10. The SMILES string of the molecule is O=C(O)C1([SH](=O)=O)NCCS1. The monoisotopic (exact) mass is 197 g/mol. The number of hydrogen-bond donors (Lipinski definition) is 3. The van der Waals surface area contributed by atoms with Gasteiger partial charge in [0.05, 0.1) is 0 Å². The summed E-state index contributed by atoms with van der Waals surface area (Å²) in [6.07, 6.45) is 0. The van der Waals surface area contributed by atoms with E-state index in [9.17, 15) is 13.2 Å². The van der Waals surface area contributed by atoms with Crippen LogP contribution in [-0.2, 0) is 15.5 Å². The quantitative estimate of drug-likeness (QED) is 0.476. The second kappa shape index (κ2) is 3.00. The van der Waals surface area contributed by atoms with Crippen molar-refractivity contribution in [2.24, 2.45) is 0 Å². The maximum atomic E-state index is 10.5. The third-order valence-electron chi connectivity index (χ3n) is 1.32. The zero-order valence-corrected chi connectivity index (χ0v) is 7.15. The molecule has 7 heteroatoms. The zero-order chi connectivity index (χ0) is 8.48. The molecule has 11 heavy (non-hydrogen) atoms. The number of aliphatic carboxylic acids is 1. The van der Waals surface area contributed by atoms with Gasteiger partial charge in [0.25, 0.3) is 4.20 Å². The van der Waals surface area contributed by atoms with Crippen LogP contribution in [0.1, 0.15) is 0 Å². The molecule has 0 aromatic carbocycles. The van der Waals surface area contributed by atoms with Crippen LogP contribution in [-0.4, -0.2) is 36.0 Å². The van der Waals surface area contributed by atoms with E-state index >= 15 is 0 Å². The van der Waals surface area contributed by atoms with Gasteiger partial charge in [-0.05, 0) is 0 Å². The molecule has 0 saturated carbocycles. The molecular formula is C4H7NO4S2. The number of carbonyl (C=O) groups is 1. The Morgan fingerprint density at radius 3 is 2.45 bits per heavy atom. The normalized spacial score (nSPS) is 31.0. The summed E-state index contributed by atoms with van der Waals surface area (Å²) < 4.78 is 19.3. The van der Waals surface area contributed by atoms with Crippen molar-refractivity contribution in [2.45, 2.75) is 4.20 Å². The van der Waals surface area contributed by atoms with Crippen LogP contribution < -0.4 is 5.32 Å². The van der Waals surface area contributed by atoms with E-state index in [1.54, 1.807) is 0 Å². The van der Waals surface area contributed by atoms with Crippen molar-refractivity contribution in [3.63, 3.8) is 0 Å². The first-order chi connectivity index (χ1) is 5.09. The van der Waals surface area contributed by atoms with Crippen molar-refractivity contribution in [1.29, 1.82) is 0 Å². The minimum absolute atomic E-state index is 0.417. The Morgan fingerprint density at radius 2 is 2.27 bits per heavy atom. The molecule has 0 radical (unpaired) electrons. The van der Waals surface area contributed by atoms with Crippen LogP contribution in [0.3, 0.4) is 0 Å². The number of rotatable bonds is 2. The second-order valence-corrected chi connectivity index (χ2v) is 4.78. The topological polar surface area (TPSA) is 83.5 Å². The highest BCUT2D eigenvalue weighted by Gasteiger charge is 2.46. The minimum Gasteiger partial charge on any atom is -0.478 e. The number of hydrogen-bond acceptors (Lipinski definition) is 5. The molecule has 0 bridgehead atoms. The van der Waals surface area contributed by atoms with Crippen LogP contribution in [0.2, 0.25) is 0 Å². The summed E-state index contributed by atoms with van der Waals surface area (Å²) in [4.78, 5) is 10.5. The van der Waals surface area contributed by atoms with Gasteiger partial charge in [-0.1, -0.05) is 0 Å². The Hall–Kier alpha value is -0.270. The standard InChI is InChI=1S/C4H7NO4S2/c6-3(7)4(11(8)9)5-1-2-10-4/h5,11H,1-2H2,(H,6,7). The molecule has 0 amide bonds. The predicted octanol–water partition coefficient (Wildman–Crippen LogP) is -1.33. The minimum atomic E-state index is -2.97. The lowest BCUT2D eigenvalue weighted by Gasteiger charge is -2.14.